The van der Waals surface area contributed by atoms with Gasteiger partial charge in [-0.2, -0.15) is 0 Å². The molecule has 1 atom stereocenters. The number of aromatic nitrogens is 1. The zero-order valence-electron chi connectivity index (χ0n) is 8.98. The smallest absolute Gasteiger partial charge is 0.106 e. The van der Waals surface area contributed by atoms with Crippen LogP contribution in [0.5, 0.6) is 0 Å². The van der Waals surface area contributed by atoms with Crippen LogP contribution in [0.3, 0.4) is 0 Å². The Labute approximate surface area is 100 Å². The maximum Gasteiger partial charge on any atom is 0.106 e. The van der Waals surface area contributed by atoms with Crippen LogP contribution in [0, 0.1) is 5.92 Å². The molecule has 0 amide bonds. The highest BCUT2D eigenvalue weighted by Crippen LogP contribution is 2.17. The maximum absolute atomic E-state index is 5.64. The van der Waals surface area contributed by atoms with E-state index in [-0.39, 0.29) is 0 Å². The molecule has 1 aromatic rings. The van der Waals surface area contributed by atoms with E-state index in [0.717, 1.165) is 37.4 Å². The summed E-state index contributed by atoms with van der Waals surface area (Å²) in [6.45, 7) is 2.57. The summed E-state index contributed by atoms with van der Waals surface area (Å²) in [5.41, 5.74) is 7.39. The van der Waals surface area contributed by atoms with Gasteiger partial charge in [0.05, 0.1) is 18.5 Å². The van der Waals surface area contributed by atoms with Crippen LogP contribution < -0.4 is 11.1 Å². The Kier molecular flexibility index (Phi) is 3.69. The standard InChI is InChI=1S/C11H15N3OS/c12-11(16)9-1-3-13-6-10(9)14-5-8-2-4-15-7-8/h1,3,6,8,14H,2,4-5,7H2,(H2,12,16). The lowest BCUT2D eigenvalue weighted by Crippen LogP contribution is -2.18. The van der Waals surface area contributed by atoms with Crippen LogP contribution >= 0.6 is 12.2 Å². The van der Waals surface area contributed by atoms with E-state index >= 15 is 0 Å². The second-order valence-corrected chi connectivity index (χ2v) is 4.34. The third-order valence-electron chi connectivity index (χ3n) is 2.69. The number of nitrogens with two attached hydrogens (primary N) is 1. The van der Waals surface area contributed by atoms with Crippen LogP contribution in [0.15, 0.2) is 18.5 Å². The van der Waals surface area contributed by atoms with Gasteiger partial charge in [0.15, 0.2) is 0 Å². The van der Waals surface area contributed by atoms with Gasteiger partial charge in [-0.25, -0.2) is 0 Å². The number of hydrogen-bond donors (Lipinski definition) is 2. The number of nitrogens with one attached hydrogen (secondary N) is 1. The summed E-state index contributed by atoms with van der Waals surface area (Å²) in [6.07, 6.45) is 4.55. The van der Waals surface area contributed by atoms with Crippen molar-refractivity contribution in [3.63, 3.8) is 0 Å². The molecule has 86 valence electrons. The van der Waals surface area contributed by atoms with Gasteiger partial charge >= 0.3 is 0 Å². The minimum absolute atomic E-state index is 0.396. The number of thiocarbonyl (C=S) groups is 1. The fraction of sp³-hybridized carbons (Fsp3) is 0.455. The average Bonchev–Trinajstić information content (AvgIpc) is 2.79. The van der Waals surface area contributed by atoms with Crippen LogP contribution in [0.2, 0.25) is 0 Å². The van der Waals surface area contributed by atoms with E-state index in [1.807, 2.05) is 6.07 Å². The largest absolute Gasteiger partial charge is 0.389 e. The number of anilines is 1. The minimum atomic E-state index is 0.396. The number of nitrogens with zero attached hydrogens (tertiary/aromatic N) is 1. The molecule has 0 saturated carbocycles. The van der Waals surface area contributed by atoms with Crippen molar-refractivity contribution < 1.29 is 4.74 Å². The van der Waals surface area contributed by atoms with E-state index in [9.17, 15) is 0 Å². The molecule has 2 rings (SSSR count). The van der Waals surface area contributed by atoms with Crippen LogP contribution in [-0.2, 0) is 4.74 Å². The van der Waals surface area contributed by atoms with Crippen molar-refractivity contribution in [3.8, 4) is 0 Å². The Balaban J connectivity index is 2.00. The Bertz CT molecular complexity index is 377. The topological polar surface area (TPSA) is 60.2 Å². The lowest BCUT2D eigenvalue weighted by molar-refractivity contribution is 0.187. The molecule has 16 heavy (non-hydrogen) atoms. The molecule has 0 bridgehead atoms. The fourth-order valence-electron chi connectivity index (χ4n) is 1.75. The van der Waals surface area contributed by atoms with Gasteiger partial charge < -0.3 is 15.8 Å². The monoisotopic (exact) mass is 237 g/mol. The van der Waals surface area contributed by atoms with E-state index in [1.165, 1.54) is 0 Å². The van der Waals surface area contributed by atoms with Crippen molar-refractivity contribution in [3.05, 3.63) is 24.0 Å². The summed E-state index contributed by atoms with van der Waals surface area (Å²) in [6, 6.07) is 1.83. The first kappa shape index (κ1) is 11.3. The van der Waals surface area contributed by atoms with E-state index in [1.54, 1.807) is 12.4 Å². The highest BCUT2D eigenvalue weighted by atomic mass is 32.1. The molecule has 0 aromatic carbocycles. The molecule has 1 fully saturated rings. The molecule has 0 aliphatic carbocycles. The molecule has 1 aliphatic rings. The predicted molar refractivity (Wildman–Crippen MR) is 67.5 cm³/mol. The molecule has 4 nitrogen and oxygen atoms in total. The van der Waals surface area contributed by atoms with Gasteiger partial charge in [-0.05, 0) is 12.5 Å². The predicted octanol–water partition coefficient (Wildman–Crippen LogP) is 1.16. The van der Waals surface area contributed by atoms with Crippen molar-refractivity contribution in [1.82, 2.24) is 4.98 Å². The van der Waals surface area contributed by atoms with E-state index in [2.05, 4.69) is 10.3 Å². The van der Waals surface area contributed by atoms with Gasteiger partial charge in [0.2, 0.25) is 0 Å². The fourth-order valence-corrected chi connectivity index (χ4v) is 1.93. The Morgan fingerprint density at radius 2 is 2.56 bits per heavy atom. The van der Waals surface area contributed by atoms with Crippen molar-refractivity contribution >= 4 is 22.9 Å². The van der Waals surface area contributed by atoms with Crippen molar-refractivity contribution in [2.24, 2.45) is 11.7 Å². The van der Waals surface area contributed by atoms with Gasteiger partial charge in [0.1, 0.15) is 4.99 Å². The summed E-state index contributed by atoms with van der Waals surface area (Å²) in [4.78, 5) is 4.46. The summed E-state index contributed by atoms with van der Waals surface area (Å²) >= 11 is 4.98. The molecule has 3 N–H and O–H groups in total. The number of hydrogen-bond acceptors (Lipinski definition) is 4. The third kappa shape index (κ3) is 2.68. The molecule has 5 heteroatoms. The minimum Gasteiger partial charge on any atom is -0.389 e. The van der Waals surface area contributed by atoms with Crippen LogP contribution in [0.1, 0.15) is 12.0 Å². The lowest BCUT2D eigenvalue weighted by Gasteiger charge is -2.13. The molecular formula is C11H15N3OS. The highest BCUT2D eigenvalue weighted by Gasteiger charge is 2.15. The Hall–Kier alpha value is -1.20. The molecule has 0 spiro atoms. The summed E-state index contributed by atoms with van der Waals surface area (Å²) < 4.78 is 5.32. The van der Waals surface area contributed by atoms with Crippen molar-refractivity contribution in [2.45, 2.75) is 6.42 Å². The zero-order valence-corrected chi connectivity index (χ0v) is 9.80. The first-order chi connectivity index (χ1) is 7.77. The van der Waals surface area contributed by atoms with Crippen LogP contribution in [-0.4, -0.2) is 29.7 Å². The van der Waals surface area contributed by atoms with Crippen molar-refractivity contribution in [2.75, 3.05) is 25.1 Å². The first-order valence-corrected chi connectivity index (χ1v) is 5.73. The molecule has 1 saturated heterocycles. The molecule has 0 radical (unpaired) electrons. The Morgan fingerprint density at radius 3 is 3.25 bits per heavy atom. The number of ether oxygens (including phenoxy) is 1. The lowest BCUT2D eigenvalue weighted by atomic mass is 10.1. The maximum atomic E-state index is 5.64. The molecule has 1 aromatic heterocycles. The number of rotatable bonds is 4. The summed E-state index contributed by atoms with van der Waals surface area (Å²) in [5, 5.41) is 3.33. The molecule has 2 heterocycles. The SMILES string of the molecule is NC(=S)c1ccncc1NCC1CCOC1. The number of pyridine rings is 1. The van der Waals surface area contributed by atoms with Gasteiger partial charge in [0.25, 0.3) is 0 Å². The van der Waals surface area contributed by atoms with Gasteiger partial charge in [-0.1, -0.05) is 12.2 Å². The van der Waals surface area contributed by atoms with Gasteiger partial charge in [-0.15, -0.1) is 0 Å². The van der Waals surface area contributed by atoms with Gasteiger partial charge in [0, 0.05) is 30.8 Å². The molecular weight excluding hydrogens is 222 g/mol. The average molecular weight is 237 g/mol. The highest BCUT2D eigenvalue weighted by molar-refractivity contribution is 7.80. The normalized spacial score (nSPS) is 19.6. The van der Waals surface area contributed by atoms with E-state index < -0.39 is 0 Å². The van der Waals surface area contributed by atoms with Gasteiger partial charge in [-0.3, -0.25) is 4.98 Å². The Morgan fingerprint density at radius 1 is 1.69 bits per heavy atom. The quantitative estimate of drug-likeness (QED) is 0.770. The van der Waals surface area contributed by atoms with Crippen LogP contribution in [0.25, 0.3) is 0 Å². The molecule has 1 unspecified atom stereocenters. The molecule has 1 aliphatic heterocycles. The second-order valence-electron chi connectivity index (χ2n) is 3.90. The van der Waals surface area contributed by atoms with Crippen LogP contribution in [0.4, 0.5) is 5.69 Å². The zero-order chi connectivity index (χ0) is 11.4. The first-order valence-electron chi connectivity index (χ1n) is 5.33. The second kappa shape index (κ2) is 5.23. The van der Waals surface area contributed by atoms with E-state index in [4.69, 9.17) is 22.7 Å². The van der Waals surface area contributed by atoms with E-state index in [0.29, 0.717) is 10.9 Å². The summed E-state index contributed by atoms with van der Waals surface area (Å²) in [5.74, 6) is 0.569. The summed E-state index contributed by atoms with van der Waals surface area (Å²) in [7, 11) is 0. The van der Waals surface area contributed by atoms with Crippen molar-refractivity contribution in [1.29, 1.82) is 0 Å². The third-order valence-corrected chi connectivity index (χ3v) is 2.91.